The fourth-order valence-corrected chi connectivity index (χ4v) is 4.07. The van der Waals surface area contributed by atoms with Crippen molar-refractivity contribution in [1.82, 2.24) is 20.0 Å². The van der Waals surface area contributed by atoms with Gasteiger partial charge in [0.1, 0.15) is 11.6 Å². The number of benzene rings is 1. The minimum atomic E-state index is -0.373. The molecule has 0 atom stereocenters. The molecule has 4 rings (SSSR count). The maximum absolute atomic E-state index is 12.8. The SMILES string of the molecule is CCOC(=O)c1ccc(N2CCCN(C(=O)CCCc3nc(-c4ccc(OC)cc4)no3)CC2)nc1. The molecule has 2 aromatic heterocycles. The molecule has 1 saturated heterocycles. The molecule has 3 aromatic rings. The van der Waals surface area contributed by atoms with Gasteiger partial charge < -0.3 is 23.8 Å². The quantitative estimate of drug-likeness (QED) is 0.414. The van der Waals surface area contributed by atoms with Crippen molar-refractivity contribution in [2.24, 2.45) is 0 Å². The summed E-state index contributed by atoms with van der Waals surface area (Å²) in [7, 11) is 1.62. The summed E-state index contributed by atoms with van der Waals surface area (Å²) in [6.45, 7) is 4.92. The summed E-state index contributed by atoms with van der Waals surface area (Å²) >= 11 is 0. The summed E-state index contributed by atoms with van der Waals surface area (Å²) in [5, 5.41) is 4.04. The Labute approximate surface area is 210 Å². The number of ether oxygens (including phenoxy) is 2. The monoisotopic (exact) mass is 493 g/mol. The molecule has 3 heterocycles. The molecule has 0 spiro atoms. The topological polar surface area (TPSA) is 111 Å². The normalized spacial score (nSPS) is 13.8. The highest BCUT2D eigenvalue weighted by Crippen LogP contribution is 2.20. The van der Waals surface area contributed by atoms with Crippen LogP contribution >= 0.6 is 0 Å². The molecule has 0 unspecified atom stereocenters. The molecule has 1 amide bonds. The molecule has 0 N–H and O–H groups in total. The number of amides is 1. The molecule has 0 saturated carbocycles. The Bertz CT molecular complexity index is 1150. The summed E-state index contributed by atoms with van der Waals surface area (Å²) < 4.78 is 15.5. The molecule has 10 heteroatoms. The largest absolute Gasteiger partial charge is 0.497 e. The molecular formula is C26H31N5O5. The predicted molar refractivity (Wildman–Crippen MR) is 133 cm³/mol. The van der Waals surface area contributed by atoms with Crippen LogP contribution in [-0.2, 0) is 16.0 Å². The fourth-order valence-electron chi connectivity index (χ4n) is 4.07. The van der Waals surface area contributed by atoms with Crippen LogP contribution in [0.2, 0.25) is 0 Å². The van der Waals surface area contributed by atoms with Crippen LogP contribution in [0.5, 0.6) is 5.75 Å². The second-order valence-corrected chi connectivity index (χ2v) is 8.44. The van der Waals surface area contributed by atoms with E-state index in [1.165, 1.54) is 0 Å². The number of hydrogen-bond acceptors (Lipinski definition) is 9. The van der Waals surface area contributed by atoms with Gasteiger partial charge in [-0.3, -0.25) is 4.79 Å². The van der Waals surface area contributed by atoms with Crippen LogP contribution in [-0.4, -0.2) is 71.8 Å². The Morgan fingerprint density at radius 2 is 1.89 bits per heavy atom. The van der Waals surface area contributed by atoms with Crippen LogP contribution in [0.15, 0.2) is 47.1 Å². The van der Waals surface area contributed by atoms with Crippen molar-refractivity contribution in [2.75, 3.05) is 44.8 Å². The number of esters is 1. The third kappa shape index (κ3) is 6.38. The maximum atomic E-state index is 12.8. The standard InChI is InChI=1S/C26H31N5O5/c1-3-35-26(33)20-10-13-22(27-18-20)30-14-5-15-31(17-16-30)24(32)7-4-6-23-28-25(29-36-23)19-8-11-21(34-2)12-9-19/h8-13,18H,3-7,14-17H2,1-2H3. The second kappa shape index (κ2) is 12.1. The highest BCUT2D eigenvalue weighted by Gasteiger charge is 2.20. The second-order valence-electron chi connectivity index (χ2n) is 8.44. The van der Waals surface area contributed by atoms with Crippen LogP contribution in [0, 0.1) is 0 Å². The first kappa shape index (κ1) is 25.2. The number of pyridine rings is 1. The van der Waals surface area contributed by atoms with Gasteiger partial charge in [-0.1, -0.05) is 5.16 Å². The average Bonchev–Trinajstić information content (AvgIpc) is 3.24. The average molecular weight is 494 g/mol. The van der Waals surface area contributed by atoms with E-state index in [2.05, 4.69) is 20.0 Å². The molecule has 0 bridgehead atoms. The Kier molecular flexibility index (Phi) is 8.48. The number of aromatic nitrogens is 3. The van der Waals surface area contributed by atoms with E-state index in [4.69, 9.17) is 14.0 Å². The summed E-state index contributed by atoms with van der Waals surface area (Å²) in [5.41, 5.74) is 1.28. The minimum Gasteiger partial charge on any atom is -0.497 e. The molecular weight excluding hydrogens is 462 g/mol. The highest BCUT2D eigenvalue weighted by atomic mass is 16.5. The smallest absolute Gasteiger partial charge is 0.339 e. The molecule has 0 radical (unpaired) electrons. The highest BCUT2D eigenvalue weighted by molar-refractivity contribution is 5.89. The Balaban J connectivity index is 1.23. The van der Waals surface area contributed by atoms with Gasteiger partial charge in [0.05, 0.1) is 19.3 Å². The zero-order valence-corrected chi connectivity index (χ0v) is 20.7. The van der Waals surface area contributed by atoms with Gasteiger partial charge in [-0.25, -0.2) is 9.78 Å². The van der Waals surface area contributed by atoms with E-state index in [-0.39, 0.29) is 11.9 Å². The number of hydrogen-bond donors (Lipinski definition) is 0. The number of carbonyl (C=O) groups is 2. The first-order valence-corrected chi connectivity index (χ1v) is 12.2. The lowest BCUT2D eigenvalue weighted by Gasteiger charge is -2.23. The maximum Gasteiger partial charge on any atom is 0.339 e. The van der Waals surface area contributed by atoms with E-state index in [1.54, 1.807) is 26.3 Å². The van der Waals surface area contributed by atoms with Crippen molar-refractivity contribution in [3.05, 3.63) is 54.0 Å². The van der Waals surface area contributed by atoms with Gasteiger partial charge in [0.2, 0.25) is 17.6 Å². The zero-order valence-electron chi connectivity index (χ0n) is 20.7. The fraction of sp³-hybridized carbons (Fsp3) is 0.423. The minimum absolute atomic E-state index is 0.123. The number of nitrogens with zero attached hydrogens (tertiary/aromatic N) is 5. The van der Waals surface area contributed by atoms with Crippen LogP contribution in [0.25, 0.3) is 11.4 Å². The van der Waals surface area contributed by atoms with Crippen molar-refractivity contribution in [3.63, 3.8) is 0 Å². The molecule has 10 nitrogen and oxygen atoms in total. The van der Waals surface area contributed by atoms with Gasteiger partial charge in [-0.15, -0.1) is 0 Å². The van der Waals surface area contributed by atoms with E-state index in [0.717, 1.165) is 30.1 Å². The molecule has 1 aliphatic rings. The Hall–Kier alpha value is -3.95. The van der Waals surface area contributed by atoms with Crippen molar-refractivity contribution < 1.29 is 23.6 Å². The lowest BCUT2D eigenvalue weighted by Crippen LogP contribution is -2.35. The van der Waals surface area contributed by atoms with Crippen LogP contribution in [0.4, 0.5) is 5.82 Å². The lowest BCUT2D eigenvalue weighted by atomic mass is 10.2. The first-order chi connectivity index (χ1) is 17.6. The number of aryl methyl sites for hydroxylation is 1. The van der Waals surface area contributed by atoms with Crippen LogP contribution < -0.4 is 9.64 Å². The third-order valence-corrected chi connectivity index (χ3v) is 6.03. The Morgan fingerprint density at radius 1 is 1.06 bits per heavy atom. The van der Waals surface area contributed by atoms with Gasteiger partial charge in [-0.2, -0.15) is 4.98 Å². The first-order valence-electron chi connectivity index (χ1n) is 12.2. The van der Waals surface area contributed by atoms with E-state index in [9.17, 15) is 9.59 Å². The predicted octanol–water partition coefficient (Wildman–Crippen LogP) is 3.38. The summed E-state index contributed by atoms with van der Waals surface area (Å²) in [6, 6.07) is 11.0. The number of methoxy groups -OCH3 is 1. The van der Waals surface area contributed by atoms with Crippen molar-refractivity contribution in [3.8, 4) is 17.1 Å². The molecule has 1 fully saturated rings. The molecule has 1 aromatic carbocycles. The number of rotatable bonds is 9. The van der Waals surface area contributed by atoms with Crippen molar-refractivity contribution in [2.45, 2.75) is 32.6 Å². The zero-order chi connectivity index (χ0) is 25.3. The molecule has 36 heavy (non-hydrogen) atoms. The third-order valence-electron chi connectivity index (χ3n) is 6.03. The number of anilines is 1. The van der Waals surface area contributed by atoms with E-state index >= 15 is 0 Å². The summed E-state index contributed by atoms with van der Waals surface area (Å²) in [5.74, 6) is 2.35. The molecule has 190 valence electrons. The van der Waals surface area contributed by atoms with Gasteiger partial charge >= 0.3 is 5.97 Å². The van der Waals surface area contributed by atoms with Crippen LogP contribution in [0.3, 0.4) is 0 Å². The molecule has 1 aliphatic heterocycles. The van der Waals surface area contributed by atoms with Crippen molar-refractivity contribution >= 4 is 17.7 Å². The van der Waals surface area contributed by atoms with Gasteiger partial charge in [-0.05, 0) is 56.2 Å². The van der Waals surface area contributed by atoms with E-state index < -0.39 is 0 Å². The van der Waals surface area contributed by atoms with Gasteiger partial charge in [0.15, 0.2) is 0 Å². The van der Waals surface area contributed by atoms with Gasteiger partial charge in [0.25, 0.3) is 0 Å². The van der Waals surface area contributed by atoms with E-state index in [0.29, 0.717) is 62.8 Å². The summed E-state index contributed by atoms with van der Waals surface area (Å²) in [4.78, 5) is 37.6. The van der Waals surface area contributed by atoms with E-state index in [1.807, 2.05) is 35.2 Å². The Morgan fingerprint density at radius 3 is 2.61 bits per heavy atom. The lowest BCUT2D eigenvalue weighted by molar-refractivity contribution is -0.131. The summed E-state index contributed by atoms with van der Waals surface area (Å²) in [6.07, 6.45) is 4.00. The van der Waals surface area contributed by atoms with Crippen LogP contribution in [0.1, 0.15) is 42.4 Å². The van der Waals surface area contributed by atoms with Crippen molar-refractivity contribution in [1.29, 1.82) is 0 Å². The van der Waals surface area contributed by atoms with Gasteiger partial charge in [0, 0.05) is 50.8 Å². The molecule has 0 aliphatic carbocycles. The number of carbonyl (C=O) groups excluding carboxylic acids is 2.